The van der Waals surface area contributed by atoms with Gasteiger partial charge in [0, 0.05) is 12.1 Å². The molecule has 0 aromatic heterocycles. The topological polar surface area (TPSA) is 50.1 Å². The zero-order chi connectivity index (χ0) is 7.86. The lowest BCUT2D eigenvalue weighted by Gasteiger charge is -1.91. The first kappa shape index (κ1) is 10.6. The van der Waals surface area contributed by atoms with Gasteiger partial charge in [-0.25, -0.2) is 10.1 Å². The third kappa shape index (κ3) is 6.70. The summed E-state index contributed by atoms with van der Waals surface area (Å²) in [5, 5.41) is 6.50. The first-order valence-electron chi connectivity index (χ1n) is 2.18. The number of nitriles is 1. The van der Waals surface area contributed by atoms with Gasteiger partial charge in [-0.2, -0.15) is 0 Å². The van der Waals surface area contributed by atoms with E-state index in [1.807, 2.05) is 0 Å². The molecule has 0 aliphatic carbocycles. The summed E-state index contributed by atoms with van der Waals surface area (Å²) in [6, 6.07) is 0. The van der Waals surface area contributed by atoms with Crippen molar-refractivity contribution >= 4 is 5.97 Å². The lowest BCUT2D eigenvalue weighted by Crippen LogP contribution is -1.98. The Morgan fingerprint density at radius 3 is 2.00 bits per heavy atom. The van der Waals surface area contributed by atoms with Crippen LogP contribution in [0.25, 0.3) is 0 Å². The Morgan fingerprint density at radius 2 is 2.00 bits per heavy atom. The van der Waals surface area contributed by atoms with Gasteiger partial charge in [-0.1, -0.05) is 6.58 Å². The van der Waals surface area contributed by atoms with Gasteiger partial charge in [-0.15, -0.1) is 0 Å². The zero-order valence-electron chi connectivity index (χ0n) is 5.55. The third-order valence-corrected chi connectivity index (χ3v) is 0.534. The van der Waals surface area contributed by atoms with Gasteiger partial charge in [0.2, 0.25) is 0 Å². The van der Waals surface area contributed by atoms with E-state index in [0.717, 1.165) is 0 Å². The molecule has 0 aliphatic rings. The fourth-order valence-electron chi connectivity index (χ4n) is 0.174. The summed E-state index contributed by atoms with van der Waals surface area (Å²) >= 11 is 0. The molecule has 0 N–H and O–H groups in total. The number of carbonyl (C=O) groups excluding carboxylic acids is 1. The molecule has 0 atom stereocenters. The van der Waals surface area contributed by atoms with Crippen LogP contribution in [0, 0.1) is 11.8 Å². The van der Waals surface area contributed by atoms with Gasteiger partial charge >= 0.3 is 5.97 Å². The van der Waals surface area contributed by atoms with Crippen molar-refractivity contribution in [2.75, 3.05) is 7.11 Å². The van der Waals surface area contributed by atoms with Crippen LogP contribution in [0.3, 0.4) is 0 Å². The molecule has 0 unspecified atom stereocenters. The molecule has 0 aromatic rings. The minimum Gasteiger partial charge on any atom is -0.466 e. The van der Waals surface area contributed by atoms with Gasteiger partial charge in [0.25, 0.3) is 0 Å². The van der Waals surface area contributed by atoms with Crippen molar-refractivity contribution in [3.8, 4) is 6.57 Å². The molecule has 0 aliphatic heterocycles. The number of ether oxygens (including phenoxy) is 1. The first-order chi connectivity index (χ1) is 4.18. The van der Waals surface area contributed by atoms with Crippen LogP contribution in [0.4, 0.5) is 0 Å². The third-order valence-electron chi connectivity index (χ3n) is 0.534. The summed E-state index contributed by atoms with van der Waals surface area (Å²) in [4.78, 5) is 10.2. The Labute approximate surface area is 54.5 Å². The summed E-state index contributed by atoms with van der Waals surface area (Å²) < 4.78 is 4.27. The standard InChI is InChI=1S/C5H8O2.CHN/c1-4(2)5(6)7-3;1-2/h1H2,2-3H3;1H. The van der Waals surface area contributed by atoms with Crippen LogP contribution in [-0.2, 0) is 9.53 Å². The van der Waals surface area contributed by atoms with E-state index in [4.69, 9.17) is 5.26 Å². The van der Waals surface area contributed by atoms with Crippen LogP contribution in [0.1, 0.15) is 6.92 Å². The van der Waals surface area contributed by atoms with Crippen molar-refractivity contribution in [2.24, 2.45) is 0 Å². The minimum atomic E-state index is -0.347. The second-order valence-corrected chi connectivity index (χ2v) is 1.27. The molecule has 0 bridgehead atoms. The van der Waals surface area contributed by atoms with Crippen molar-refractivity contribution in [3.05, 3.63) is 12.2 Å². The van der Waals surface area contributed by atoms with Crippen molar-refractivity contribution in [3.63, 3.8) is 0 Å². The molecular weight excluding hydrogens is 118 g/mol. The number of methoxy groups -OCH3 is 1. The predicted molar refractivity (Wildman–Crippen MR) is 33.5 cm³/mol. The molecule has 0 saturated heterocycles. The van der Waals surface area contributed by atoms with Crippen LogP contribution in [0.5, 0.6) is 0 Å². The van der Waals surface area contributed by atoms with Gasteiger partial charge in [0.1, 0.15) is 0 Å². The maximum absolute atomic E-state index is 10.2. The molecule has 9 heavy (non-hydrogen) atoms. The molecule has 3 heteroatoms. The highest BCUT2D eigenvalue weighted by molar-refractivity contribution is 5.86. The number of carbonyl (C=O) groups is 1. The Bertz CT molecular complexity index is 126. The fourth-order valence-corrected chi connectivity index (χ4v) is 0.174. The summed E-state index contributed by atoms with van der Waals surface area (Å²) in [6.07, 6.45) is 0. The van der Waals surface area contributed by atoms with Crippen LogP contribution in [0.2, 0.25) is 0 Å². The molecule has 0 saturated carbocycles. The smallest absolute Gasteiger partial charge is 0.332 e. The number of hydrogen-bond donors (Lipinski definition) is 0. The van der Waals surface area contributed by atoms with E-state index in [0.29, 0.717) is 5.57 Å². The SMILES string of the molecule is C#N.C=C(C)C(=O)OC. The lowest BCUT2D eigenvalue weighted by atomic mass is 10.4. The van der Waals surface area contributed by atoms with E-state index < -0.39 is 0 Å². The highest BCUT2D eigenvalue weighted by atomic mass is 16.5. The monoisotopic (exact) mass is 127 g/mol. The zero-order valence-corrected chi connectivity index (χ0v) is 5.55. The minimum absolute atomic E-state index is 0.347. The summed E-state index contributed by atoms with van der Waals surface area (Å²) in [5.41, 5.74) is 0.433. The van der Waals surface area contributed by atoms with Gasteiger partial charge in [0.15, 0.2) is 0 Å². The predicted octanol–water partition coefficient (Wildman–Crippen LogP) is 0.875. The molecule has 0 radical (unpaired) electrons. The number of esters is 1. The Hall–Kier alpha value is -1.30. The number of rotatable bonds is 1. The van der Waals surface area contributed by atoms with E-state index in [9.17, 15) is 4.79 Å². The van der Waals surface area contributed by atoms with E-state index in [1.54, 1.807) is 6.92 Å². The van der Waals surface area contributed by atoms with E-state index in [2.05, 4.69) is 17.9 Å². The summed E-state index contributed by atoms with van der Waals surface area (Å²) in [5.74, 6) is -0.347. The van der Waals surface area contributed by atoms with E-state index in [-0.39, 0.29) is 5.97 Å². The van der Waals surface area contributed by atoms with Crippen LogP contribution in [-0.4, -0.2) is 13.1 Å². The largest absolute Gasteiger partial charge is 0.466 e. The van der Waals surface area contributed by atoms with Gasteiger partial charge in [-0.05, 0) is 6.92 Å². The second-order valence-electron chi connectivity index (χ2n) is 1.27. The molecule has 0 spiro atoms. The van der Waals surface area contributed by atoms with Crippen LogP contribution < -0.4 is 0 Å². The molecule has 0 rings (SSSR count). The lowest BCUT2D eigenvalue weighted by molar-refractivity contribution is -0.136. The Morgan fingerprint density at radius 1 is 1.67 bits per heavy atom. The fraction of sp³-hybridized carbons (Fsp3) is 0.333. The highest BCUT2D eigenvalue weighted by Gasteiger charge is 1.95. The first-order valence-corrected chi connectivity index (χ1v) is 2.18. The van der Waals surface area contributed by atoms with Crippen molar-refractivity contribution in [1.29, 1.82) is 5.26 Å². The van der Waals surface area contributed by atoms with E-state index in [1.165, 1.54) is 7.11 Å². The second kappa shape index (κ2) is 6.70. The molecular formula is C6H9NO2. The quantitative estimate of drug-likeness (QED) is 0.388. The highest BCUT2D eigenvalue weighted by Crippen LogP contribution is 1.87. The molecule has 3 nitrogen and oxygen atoms in total. The van der Waals surface area contributed by atoms with Crippen molar-refractivity contribution in [2.45, 2.75) is 6.92 Å². The molecule has 0 aromatic carbocycles. The summed E-state index contributed by atoms with van der Waals surface area (Å²) in [6.45, 7) is 8.45. The average molecular weight is 127 g/mol. The van der Waals surface area contributed by atoms with Crippen LogP contribution in [0.15, 0.2) is 12.2 Å². The van der Waals surface area contributed by atoms with Crippen molar-refractivity contribution in [1.82, 2.24) is 0 Å². The number of hydrogen-bond acceptors (Lipinski definition) is 3. The normalized spacial score (nSPS) is 6.22. The average Bonchev–Trinajstić information content (AvgIpc) is 1.91. The van der Waals surface area contributed by atoms with Gasteiger partial charge in [-0.3, -0.25) is 0 Å². The van der Waals surface area contributed by atoms with Gasteiger partial charge in [0.05, 0.1) is 7.11 Å². The molecule has 0 fully saturated rings. The summed E-state index contributed by atoms with van der Waals surface area (Å²) in [7, 11) is 1.33. The van der Waals surface area contributed by atoms with Crippen molar-refractivity contribution < 1.29 is 9.53 Å². The van der Waals surface area contributed by atoms with Gasteiger partial charge < -0.3 is 4.74 Å². The Balaban J connectivity index is 0. The molecule has 0 amide bonds. The molecule has 0 heterocycles. The molecule has 50 valence electrons. The van der Waals surface area contributed by atoms with Crippen LogP contribution >= 0.6 is 0 Å². The maximum atomic E-state index is 10.2. The van der Waals surface area contributed by atoms with E-state index >= 15 is 0 Å². The Kier molecular flexibility index (Phi) is 7.92. The maximum Gasteiger partial charge on any atom is 0.332 e. The number of nitrogens with zero attached hydrogens (tertiary/aromatic N) is 1.